The minimum Gasteiger partial charge on any atom is -0.444 e. The summed E-state index contributed by atoms with van der Waals surface area (Å²) in [4.78, 5) is 16.4. The van der Waals surface area contributed by atoms with Crippen LogP contribution in [0.1, 0.15) is 33.3 Å². The molecule has 0 radical (unpaired) electrons. The SMILES string of the molecule is C[C@H]1CN(C(=O)OC(C)(C)C)CCN1CCc1ccc(N)cc1. The zero-order valence-electron chi connectivity index (χ0n) is 14.7. The van der Waals surface area contributed by atoms with Gasteiger partial charge in [-0.2, -0.15) is 0 Å². The Balaban J connectivity index is 1.82. The quantitative estimate of drug-likeness (QED) is 0.870. The predicted octanol–water partition coefficient (Wildman–Crippen LogP) is 2.75. The molecule has 128 valence electrons. The van der Waals surface area contributed by atoms with Crippen LogP contribution in [0.3, 0.4) is 0 Å². The van der Waals surface area contributed by atoms with Crippen LogP contribution in [0.4, 0.5) is 10.5 Å². The monoisotopic (exact) mass is 319 g/mol. The number of nitrogens with two attached hydrogens (primary N) is 1. The number of nitrogen functional groups attached to an aromatic ring is 1. The zero-order chi connectivity index (χ0) is 17.0. The number of ether oxygens (including phenoxy) is 1. The topological polar surface area (TPSA) is 58.8 Å². The highest BCUT2D eigenvalue weighted by Crippen LogP contribution is 2.15. The second-order valence-corrected chi connectivity index (χ2v) is 7.30. The molecule has 1 aliphatic rings. The number of carbonyl (C=O) groups is 1. The molecule has 2 N–H and O–H groups in total. The van der Waals surface area contributed by atoms with Gasteiger partial charge < -0.3 is 15.4 Å². The fourth-order valence-corrected chi connectivity index (χ4v) is 2.78. The van der Waals surface area contributed by atoms with Crippen molar-refractivity contribution in [2.24, 2.45) is 0 Å². The van der Waals surface area contributed by atoms with Gasteiger partial charge >= 0.3 is 6.09 Å². The van der Waals surface area contributed by atoms with Crippen LogP contribution in [0.2, 0.25) is 0 Å². The van der Waals surface area contributed by atoms with Crippen LogP contribution in [-0.4, -0.2) is 53.7 Å². The first-order valence-corrected chi connectivity index (χ1v) is 8.31. The van der Waals surface area contributed by atoms with Crippen LogP contribution in [0, 0.1) is 0 Å². The molecule has 5 heteroatoms. The molecule has 1 aromatic rings. The van der Waals surface area contributed by atoms with Gasteiger partial charge in [0.15, 0.2) is 0 Å². The standard InChI is InChI=1S/C18H29N3O2/c1-14-13-21(17(22)23-18(2,3)4)12-11-20(14)10-9-15-5-7-16(19)8-6-15/h5-8,14H,9-13,19H2,1-4H3/t14-/m0/s1. The Morgan fingerprint density at radius 3 is 2.48 bits per heavy atom. The fraction of sp³-hybridized carbons (Fsp3) is 0.611. The van der Waals surface area contributed by atoms with E-state index in [1.54, 1.807) is 0 Å². The van der Waals surface area contributed by atoms with E-state index in [0.717, 1.165) is 38.3 Å². The van der Waals surface area contributed by atoms with E-state index in [2.05, 4.69) is 24.0 Å². The van der Waals surface area contributed by atoms with Crippen LogP contribution < -0.4 is 5.73 Å². The van der Waals surface area contributed by atoms with Crippen LogP contribution in [0.15, 0.2) is 24.3 Å². The molecule has 0 aromatic heterocycles. The van der Waals surface area contributed by atoms with Crippen LogP contribution in [0.25, 0.3) is 0 Å². The first-order chi connectivity index (χ1) is 10.7. The third-order valence-electron chi connectivity index (χ3n) is 4.08. The van der Waals surface area contributed by atoms with Crippen molar-refractivity contribution in [1.29, 1.82) is 0 Å². The first kappa shape index (κ1) is 17.6. The number of hydrogen-bond donors (Lipinski definition) is 1. The van der Waals surface area contributed by atoms with Gasteiger partial charge in [-0.1, -0.05) is 12.1 Å². The summed E-state index contributed by atoms with van der Waals surface area (Å²) < 4.78 is 5.46. The maximum atomic E-state index is 12.2. The third-order valence-corrected chi connectivity index (χ3v) is 4.08. The highest BCUT2D eigenvalue weighted by Gasteiger charge is 2.29. The van der Waals surface area contributed by atoms with Gasteiger partial charge in [0.05, 0.1) is 0 Å². The number of hydrogen-bond acceptors (Lipinski definition) is 4. The maximum absolute atomic E-state index is 12.2. The van der Waals surface area contributed by atoms with Crippen molar-refractivity contribution in [1.82, 2.24) is 9.80 Å². The Labute approximate surface area is 139 Å². The number of carbonyl (C=O) groups excluding carboxylic acids is 1. The predicted molar refractivity (Wildman–Crippen MR) is 93.4 cm³/mol. The molecule has 1 fully saturated rings. The van der Waals surface area contributed by atoms with E-state index < -0.39 is 5.60 Å². The van der Waals surface area contributed by atoms with E-state index in [9.17, 15) is 4.79 Å². The molecule has 1 aliphatic heterocycles. The minimum absolute atomic E-state index is 0.206. The summed E-state index contributed by atoms with van der Waals surface area (Å²) in [6, 6.07) is 8.39. The number of anilines is 1. The molecule has 2 rings (SSSR count). The number of amides is 1. The molecule has 1 heterocycles. The molecular weight excluding hydrogens is 290 g/mol. The van der Waals surface area contributed by atoms with E-state index in [4.69, 9.17) is 10.5 Å². The first-order valence-electron chi connectivity index (χ1n) is 8.31. The van der Waals surface area contributed by atoms with Gasteiger partial charge in [0.25, 0.3) is 0 Å². The Morgan fingerprint density at radius 1 is 1.26 bits per heavy atom. The summed E-state index contributed by atoms with van der Waals surface area (Å²) in [5, 5.41) is 0. The number of piperazine rings is 1. The minimum atomic E-state index is -0.438. The third kappa shape index (κ3) is 5.43. The van der Waals surface area contributed by atoms with Crippen LogP contribution in [-0.2, 0) is 11.2 Å². The van der Waals surface area contributed by atoms with Crippen LogP contribution >= 0.6 is 0 Å². The summed E-state index contributed by atoms with van der Waals surface area (Å²) >= 11 is 0. The second-order valence-electron chi connectivity index (χ2n) is 7.30. The Morgan fingerprint density at radius 2 is 1.91 bits per heavy atom. The lowest BCUT2D eigenvalue weighted by molar-refractivity contribution is 0.00598. The van der Waals surface area contributed by atoms with Crippen molar-refractivity contribution in [3.05, 3.63) is 29.8 Å². The van der Waals surface area contributed by atoms with Crippen molar-refractivity contribution in [3.63, 3.8) is 0 Å². The molecule has 0 aliphatic carbocycles. The van der Waals surface area contributed by atoms with Gasteiger partial charge in [-0.25, -0.2) is 4.79 Å². The Hall–Kier alpha value is -1.75. The molecule has 1 aromatic carbocycles. The molecule has 0 unspecified atom stereocenters. The summed E-state index contributed by atoms with van der Waals surface area (Å²) in [7, 11) is 0. The number of nitrogens with zero attached hydrogens (tertiary/aromatic N) is 2. The average molecular weight is 319 g/mol. The van der Waals surface area contributed by atoms with E-state index >= 15 is 0 Å². The summed E-state index contributed by atoms with van der Waals surface area (Å²) in [5.74, 6) is 0. The van der Waals surface area contributed by atoms with Crippen LogP contribution in [0.5, 0.6) is 0 Å². The molecule has 0 bridgehead atoms. The Bertz CT molecular complexity index is 522. The normalized spacial score (nSPS) is 19.7. The van der Waals surface area contributed by atoms with Crippen molar-refractivity contribution >= 4 is 11.8 Å². The molecule has 0 saturated carbocycles. The average Bonchev–Trinajstić information content (AvgIpc) is 2.46. The van der Waals surface area contributed by atoms with E-state index in [1.807, 2.05) is 37.8 Å². The second kappa shape index (κ2) is 7.21. The fourth-order valence-electron chi connectivity index (χ4n) is 2.78. The number of rotatable bonds is 3. The highest BCUT2D eigenvalue weighted by molar-refractivity contribution is 5.68. The van der Waals surface area contributed by atoms with Gasteiger partial charge in [-0.15, -0.1) is 0 Å². The van der Waals surface area contributed by atoms with E-state index in [-0.39, 0.29) is 6.09 Å². The van der Waals surface area contributed by atoms with Crippen molar-refractivity contribution in [2.45, 2.75) is 45.8 Å². The lowest BCUT2D eigenvalue weighted by Gasteiger charge is -2.40. The smallest absolute Gasteiger partial charge is 0.410 e. The van der Waals surface area contributed by atoms with E-state index in [1.165, 1.54) is 5.56 Å². The summed E-state index contributed by atoms with van der Waals surface area (Å²) in [6.45, 7) is 11.2. The Kier molecular flexibility index (Phi) is 5.52. The van der Waals surface area contributed by atoms with Gasteiger partial charge in [-0.05, 0) is 51.8 Å². The molecule has 0 spiro atoms. The lowest BCUT2D eigenvalue weighted by Crippen LogP contribution is -2.54. The molecule has 1 atom stereocenters. The summed E-state index contributed by atoms with van der Waals surface area (Å²) in [6.07, 6.45) is 0.791. The molecule has 23 heavy (non-hydrogen) atoms. The van der Waals surface area contributed by atoms with Crippen molar-refractivity contribution in [3.8, 4) is 0 Å². The molecular formula is C18H29N3O2. The van der Waals surface area contributed by atoms with Gasteiger partial charge in [0, 0.05) is 37.9 Å². The zero-order valence-corrected chi connectivity index (χ0v) is 14.7. The van der Waals surface area contributed by atoms with Crippen molar-refractivity contribution < 1.29 is 9.53 Å². The molecule has 1 saturated heterocycles. The molecule has 5 nitrogen and oxygen atoms in total. The number of benzene rings is 1. The largest absolute Gasteiger partial charge is 0.444 e. The van der Waals surface area contributed by atoms with Gasteiger partial charge in [0.1, 0.15) is 5.60 Å². The molecule has 1 amide bonds. The summed E-state index contributed by atoms with van der Waals surface area (Å²) in [5.41, 5.74) is 7.37. The highest BCUT2D eigenvalue weighted by atomic mass is 16.6. The van der Waals surface area contributed by atoms with Gasteiger partial charge in [0.2, 0.25) is 0 Å². The maximum Gasteiger partial charge on any atom is 0.410 e. The van der Waals surface area contributed by atoms with Crippen molar-refractivity contribution in [2.75, 3.05) is 31.9 Å². The van der Waals surface area contributed by atoms with E-state index in [0.29, 0.717) is 6.04 Å². The van der Waals surface area contributed by atoms with Gasteiger partial charge in [-0.3, -0.25) is 4.90 Å². The lowest BCUT2D eigenvalue weighted by atomic mass is 10.1.